The van der Waals surface area contributed by atoms with Crippen LogP contribution in [0.25, 0.3) is 5.78 Å². The highest BCUT2D eigenvalue weighted by atomic mass is 32.2. The zero-order chi connectivity index (χ0) is 19.0. The minimum atomic E-state index is -0.373. The third kappa shape index (κ3) is 3.54. The average Bonchev–Trinajstić information content (AvgIpc) is 3.23. The van der Waals surface area contributed by atoms with E-state index in [1.54, 1.807) is 22.5 Å². The second-order valence-electron chi connectivity index (χ2n) is 6.09. The third-order valence-corrected chi connectivity index (χ3v) is 5.00. The van der Waals surface area contributed by atoms with E-state index in [1.165, 1.54) is 0 Å². The van der Waals surface area contributed by atoms with Gasteiger partial charge in [0.1, 0.15) is 0 Å². The summed E-state index contributed by atoms with van der Waals surface area (Å²) in [7, 11) is 1.95. The summed E-state index contributed by atoms with van der Waals surface area (Å²) < 4.78 is 3.52. The number of rotatable bonds is 4. The molecule has 4 aromatic rings. The number of carbonyl (C=O) groups is 1. The first kappa shape index (κ1) is 17.2. The molecule has 4 rings (SSSR count). The van der Waals surface area contributed by atoms with Crippen molar-refractivity contribution in [3.05, 3.63) is 59.9 Å². The predicted octanol–water partition coefficient (Wildman–Crippen LogP) is 2.88. The highest BCUT2D eigenvalue weighted by Crippen LogP contribution is 2.26. The van der Waals surface area contributed by atoms with Crippen LogP contribution in [0.5, 0.6) is 0 Å². The highest BCUT2D eigenvalue weighted by Gasteiger charge is 2.15. The van der Waals surface area contributed by atoms with Gasteiger partial charge in [0.2, 0.25) is 5.82 Å². The molecular formula is C18H17N7OS. The van der Waals surface area contributed by atoms with Crippen LogP contribution in [0.4, 0.5) is 5.69 Å². The van der Waals surface area contributed by atoms with Crippen LogP contribution in [0, 0.1) is 13.8 Å². The summed E-state index contributed by atoms with van der Waals surface area (Å²) in [6.45, 7) is 3.78. The molecule has 0 aliphatic heterocycles. The number of carbonyl (C=O) groups excluding carboxylic acids is 1. The van der Waals surface area contributed by atoms with Crippen LogP contribution < -0.4 is 5.32 Å². The third-order valence-electron chi connectivity index (χ3n) is 3.92. The van der Waals surface area contributed by atoms with E-state index in [0.29, 0.717) is 11.5 Å². The molecular weight excluding hydrogens is 362 g/mol. The van der Waals surface area contributed by atoms with E-state index in [9.17, 15) is 4.79 Å². The van der Waals surface area contributed by atoms with E-state index >= 15 is 0 Å². The van der Waals surface area contributed by atoms with Crippen molar-refractivity contribution in [3.63, 3.8) is 0 Å². The molecule has 136 valence electrons. The first-order chi connectivity index (χ1) is 13.0. The van der Waals surface area contributed by atoms with Crippen LogP contribution in [0.2, 0.25) is 0 Å². The lowest BCUT2D eigenvalue weighted by Crippen LogP contribution is -2.14. The minimum absolute atomic E-state index is 0.0858. The Bertz CT molecular complexity index is 1130. The number of benzene rings is 1. The number of aromatic nitrogens is 6. The fraction of sp³-hybridized carbons (Fsp3) is 0.167. The van der Waals surface area contributed by atoms with Crippen LogP contribution in [0.15, 0.2) is 52.8 Å². The van der Waals surface area contributed by atoms with Gasteiger partial charge in [-0.1, -0.05) is 11.8 Å². The lowest BCUT2D eigenvalue weighted by molar-refractivity contribution is 0.101. The van der Waals surface area contributed by atoms with E-state index in [4.69, 9.17) is 0 Å². The van der Waals surface area contributed by atoms with Gasteiger partial charge >= 0.3 is 0 Å². The molecule has 9 heteroatoms. The maximum atomic E-state index is 12.5. The lowest BCUT2D eigenvalue weighted by Gasteiger charge is -2.05. The first-order valence-corrected chi connectivity index (χ1v) is 9.09. The van der Waals surface area contributed by atoms with Gasteiger partial charge in [-0.25, -0.2) is 14.5 Å². The van der Waals surface area contributed by atoms with Crippen molar-refractivity contribution in [3.8, 4) is 0 Å². The molecule has 0 atom stereocenters. The van der Waals surface area contributed by atoms with Gasteiger partial charge in [-0.2, -0.15) is 4.98 Å². The number of fused-ring (bicyclic) bond motifs is 1. The van der Waals surface area contributed by atoms with Crippen molar-refractivity contribution in [1.82, 2.24) is 29.1 Å². The van der Waals surface area contributed by atoms with E-state index in [-0.39, 0.29) is 11.7 Å². The Morgan fingerprint density at radius 1 is 1.15 bits per heavy atom. The first-order valence-electron chi connectivity index (χ1n) is 8.27. The molecule has 0 saturated carbocycles. The zero-order valence-electron chi connectivity index (χ0n) is 15.0. The summed E-state index contributed by atoms with van der Waals surface area (Å²) in [4.78, 5) is 26.3. The van der Waals surface area contributed by atoms with Crippen LogP contribution in [-0.2, 0) is 7.05 Å². The van der Waals surface area contributed by atoms with Gasteiger partial charge in [-0.15, -0.1) is 5.10 Å². The van der Waals surface area contributed by atoms with E-state index in [2.05, 4.69) is 25.4 Å². The molecule has 0 unspecified atom stereocenters. The summed E-state index contributed by atoms with van der Waals surface area (Å²) in [6, 6.07) is 9.43. The number of nitrogens with zero attached hydrogens (tertiary/aromatic N) is 6. The van der Waals surface area contributed by atoms with Gasteiger partial charge in [0, 0.05) is 41.4 Å². The quantitative estimate of drug-likeness (QED) is 0.586. The Morgan fingerprint density at radius 3 is 2.63 bits per heavy atom. The molecule has 0 spiro atoms. The number of imidazole rings is 1. The fourth-order valence-corrected chi connectivity index (χ4v) is 3.41. The van der Waals surface area contributed by atoms with Crippen molar-refractivity contribution in [2.24, 2.45) is 7.05 Å². The largest absolute Gasteiger partial charge is 0.329 e. The van der Waals surface area contributed by atoms with Crippen molar-refractivity contribution >= 4 is 29.1 Å². The van der Waals surface area contributed by atoms with Crippen LogP contribution in [0.3, 0.4) is 0 Å². The fourth-order valence-electron chi connectivity index (χ4n) is 2.61. The molecule has 0 radical (unpaired) electrons. The van der Waals surface area contributed by atoms with Gasteiger partial charge in [0.15, 0.2) is 5.16 Å². The standard InChI is InChI=1S/C18H17N7OS/c1-11-10-12(2)25-17(20-11)22-15(23-25)16(26)21-13-4-6-14(7-5-13)27-18-19-8-9-24(18)3/h4-10H,1-3H3,(H,21,26). The Labute approximate surface area is 159 Å². The Kier molecular flexibility index (Phi) is 4.36. The average molecular weight is 379 g/mol. The number of aryl methyl sites for hydroxylation is 3. The summed E-state index contributed by atoms with van der Waals surface area (Å²) in [5.41, 5.74) is 2.38. The molecule has 3 heterocycles. The molecule has 0 aliphatic carbocycles. The van der Waals surface area contributed by atoms with Crippen LogP contribution >= 0.6 is 11.8 Å². The maximum absolute atomic E-state index is 12.5. The Hall–Kier alpha value is -3.20. The summed E-state index contributed by atoms with van der Waals surface area (Å²) >= 11 is 1.55. The minimum Gasteiger partial charge on any atom is -0.329 e. The normalized spacial score (nSPS) is 11.1. The molecule has 1 amide bonds. The monoisotopic (exact) mass is 379 g/mol. The van der Waals surface area contributed by atoms with Gasteiger partial charge in [0.05, 0.1) is 0 Å². The molecule has 0 fully saturated rings. The molecule has 27 heavy (non-hydrogen) atoms. The van der Waals surface area contributed by atoms with Crippen molar-refractivity contribution in [2.75, 3.05) is 5.32 Å². The molecule has 0 saturated heterocycles. The zero-order valence-corrected chi connectivity index (χ0v) is 15.9. The number of hydrogen-bond donors (Lipinski definition) is 1. The smallest absolute Gasteiger partial charge is 0.295 e. The maximum Gasteiger partial charge on any atom is 0.295 e. The van der Waals surface area contributed by atoms with Gasteiger partial charge in [-0.3, -0.25) is 4.79 Å². The van der Waals surface area contributed by atoms with Crippen molar-refractivity contribution in [1.29, 1.82) is 0 Å². The molecule has 8 nitrogen and oxygen atoms in total. The Balaban J connectivity index is 1.49. The van der Waals surface area contributed by atoms with Gasteiger partial charge in [-0.05, 0) is 44.2 Å². The molecule has 3 aromatic heterocycles. The second kappa shape index (κ2) is 6.84. The molecule has 1 aromatic carbocycles. The summed E-state index contributed by atoms with van der Waals surface area (Å²) in [5, 5.41) is 7.96. The van der Waals surface area contributed by atoms with E-state index < -0.39 is 0 Å². The van der Waals surface area contributed by atoms with E-state index in [1.807, 2.05) is 62.0 Å². The molecule has 0 bridgehead atoms. The predicted molar refractivity (Wildman–Crippen MR) is 102 cm³/mol. The molecule has 1 N–H and O–H groups in total. The van der Waals surface area contributed by atoms with E-state index in [0.717, 1.165) is 21.4 Å². The van der Waals surface area contributed by atoms with Crippen molar-refractivity contribution < 1.29 is 4.79 Å². The number of amides is 1. The van der Waals surface area contributed by atoms with Crippen LogP contribution in [0.1, 0.15) is 22.0 Å². The SMILES string of the molecule is Cc1cc(C)n2nc(C(=O)Nc3ccc(Sc4nccn4C)cc3)nc2n1. The number of nitrogens with one attached hydrogen (secondary N) is 1. The van der Waals surface area contributed by atoms with Gasteiger partial charge < -0.3 is 9.88 Å². The number of hydrogen-bond acceptors (Lipinski definition) is 6. The second-order valence-corrected chi connectivity index (χ2v) is 7.13. The van der Waals surface area contributed by atoms with Gasteiger partial charge in [0.25, 0.3) is 11.7 Å². The molecule has 0 aliphatic rings. The number of anilines is 1. The topological polar surface area (TPSA) is 90.0 Å². The lowest BCUT2D eigenvalue weighted by atomic mass is 10.3. The summed E-state index contributed by atoms with van der Waals surface area (Å²) in [5.74, 6) is 0.129. The highest BCUT2D eigenvalue weighted by molar-refractivity contribution is 7.99. The van der Waals surface area contributed by atoms with Crippen molar-refractivity contribution in [2.45, 2.75) is 23.9 Å². The van der Waals surface area contributed by atoms with Crippen LogP contribution in [-0.4, -0.2) is 35.0 Å². The Morgan fingerprint density at radius 2 is 1.93 bits per heavy atom. The summed E-state index contributed by atoms with van der Waals surface area (Å²) in [6.07, 6.45) is 3.66.